The van der Waals surface area contributed by atoms with Gasteiger partial charge in [0, 0.05) is 18.8 Å². The Morgan fingerprint density at radius 1 is 1.50 bits per heavy atom. The number of thiocarbonyl (C=S) groups is 1. The van der Waals surface area contributed by atoms with Gasteiger partial charge >= 0.3 is 0 Å². The first-order valence-corrected chi connectivity index (χ1v) is 8.33. The number of carbonyl (C=O) groups excluding carboxylic acids is 1. The third-order valence-corrected chi connectivity index (χ3v) is 5.15. The van der Waals surface area contributed by atoms with Crippen molar-refractivity contribution in [3.05, 3.63) is 35.9 Å². The molecule has 1 saturated heterocycles. The van der Waals surface area contributed by atoms with Crippen LogP contribution in [0.4, 0.5) is 0 Å². The molecule has 0 bridgehead atoms. The van der Waals surface area contributed by atoms with Crippen molar-refractivity contribution in [2.24, 2.45) is 11.7 Å². The molecule has 2 N–H and O–H groups in total. The first-order valence-electron chi connectivity index (χ1n) is 6.77. The molecule has 2 atom stereocenters. The van der Waals surface area contributed by atoms with Gasteiger partial charge in [-0.2, -0.15) is 11.8 Å². The van der Waals surface area contributed by atoms with Crippen molar-refractivity contribution in [2.75, 3.05) is 18.6 Å². The molecule has 1 aliphatic rings. The lowest BCUT2D eigenvalue weighted by Gasteiger charge is -2.28. The topological polar surface area (TPSA) is 46.3 Å². The molecule has 0 spiro atoms. The first-order chi connectivity index (χ1) is 9.59. The van der Waals surface area contributed by atoms with E-state index in [1.165, 1.54) is 0 Å². The molecule has 20 heavy (non-hydrogen) atoms. The number of nitrogens with two attached hydrogens (primary N) is 1. The van der Waals surface area contributed by atoms with Gasteiger partial charge < -0.3 is 10.6 Å². The van der Waals surface area contributed by atoms with E-state index < -0.39 is 5.92 Å². The van der Waals surface area contributed by atoms with Gasteiger partial charge in [-0.05, 0) is 24.2 Å². The smallest absolute Gasteiger partial charge is 0.232 e. The summed E-state index contributed by atoms with van der Waals surface area (Å²) in [6, 6.07) is 10.2. The Hall–Kier alpha value is -1.07. The molecule has 1 aliphatic heterocycles. The van der Waals surface area contributed by atoms with Gasteiger partial charge in [-0.15, -0.1) is 0 Å². The highest BCUT2D eigenvalue weighted by molar-refractivity contribution is 7.99. The Labute approximate surface area is 129 Å². The highest BCUT2D eigenvalue weighted by Crippen LogP contribution is 2.23. The summed E-state index contributed by atoms with van der Waals surface area (Å²) < 4.78 is 0. The summed E-state index contributed by atoms with van der Waals surface area (Å²) >= 11 is 7.01. The zero-order valence-corrected chi connectivity index (χ0v) is 13.3. The maximum absolute atomic E-state index is 12.6. The molecule has 1 aromatic rings. The predicted octanol–water partition coefficient (Wildman–Crippen LogP) is 2.10. The molecule has 108 valence electrons. The van der Waals surface area contributed by atoms with E-state index in [-0.39, 0.29) is 10.9 Å². The second-order valence-corrected chi connectivity index (χ2v) is 6.73. The molecule has 1 aromatic carbocycles. The Kier molecular flexibility index (Phi) is 5.43. The summed E-state index contributed by atoms with van der Waals surface area (Å²) in [7, 11) is 1.87. The lowest BCUT2D eigenvalue weighted by molar-refractivity contribution is -0.133. The fourth-order valence-electron chi connectivity index (χ4n) is 2.41. The quantitative estimate of drug-likeness (QED) is 0.846. The van der Waals surface area contributed by atoms with E-state index in [9.17, 15) is 4.79 Å². The van der Waals surface area contributed by atoms with Crippen LogP contribution in [0.25, 0.3) is 0 Å². The highest BCUT2D eigenvalue weighted by Gasteiger charge is 2.30. The van der Waals surface area contributed by atoms with Crippen LogP contribution in [0.5, 0.6) is 0 Å². The standard InChI is InChI=1S/C15H20N2OS2/c1-17(12-7-8-20-10-12)15(18)13(14(16)19)9-11-5-3-2-4-6-11/h2-6,12-13H,7-10H2,1H3,(H2,16,19). The van der Waals surface area contributed by atoms with E-state index in [2.05, 4.69) is 0 Å². The second-order valence-electron chi connectivity index (χ2n) is 5.11. The van der Waals surface area contributed by atoms with Gasteiger partial charge in [0.25, 0.3) is 0 Å². The van der Waals surface area contributed by atoms with Crippen LogP contribution in [-0.2, 0) is 11.2 Å². The summed E-state index contributed by atoms with van der Waals surface area (Å²) in [5, 5.41) is 0. The van der Waals surface area contributed by atoms with Crippen molar-refractivity contribution in [3.8, 4) is 0 Å². The highest BCUT2D eigenvalue weighted by atomic mass is 32.2. The Balaban J connectivity index is 2.07. The Bertz CT molecular complexity index is 472. The zero-order valence-electron chi connectivity index (χ0n) is 11.6. The number of rotatable bonds is 5. The molecule has 1 amide bonds. The fraction of sp³-hybridized carbons (Fsp3) is 0.467. The van der Waals surface area contributed by atoms with Crippen LogP contribution in [0.2, 0.25) is 0 Å². The van der Waals surface area contributed by atoms with Crippen LogP contribution in [0.15, 0.2) is 30.3 Å². The summed E-state index contributed by atoms with van der Waals surface area (Å²) in [5.41, 5.74) is 6.89. The maximum Gasteiger partial charge on any atom is 0.232 e. The minimum Gasteiger partial charge on any atom is -0.393 e. The first kappa shape index (κ1) is 15.3. The van der Waals surface area contributed by atoms with Crippen LogP contribution < -0.4 is 5.73 Å². The zero-order chi connectivity index (χ0) is 14.5. The molecule has 1 fully saturated rings. The fourth-order valence-corrected chi connectivity index (χ4v) is 3.86. The predicted molar refractivity (Wildman–Crippen MR) is 88.9 cm³/mol. The molecule has 5 heteroatoms. The van der Waals surface area contributed by atoms with E-state index in [1.807, 2.05) is 54.0 Å². The molecule has 0 radical (unpaired) electrons. The maximum atomic E-state index is 12.6. The molecule has 0 aliphatic carbocycles. The normalized spacial score (nSPS) is 19.6. The molecule has 1 heterocycles. The number of amides is 1. The van der Waals surface area contributed by atoms with E-state index in [0.29, 0.717) is 12.5 Å². The van der Waals surface area contributed by atoms with Gasteiger partial charge in [-0.25, -0.2) is 0 Å². The minimum absolute atomic E-state index is 0.0499. The number of nitrogens with zero attached hydrogens (tertiary/aromatic N) is 1. The van der Waals surface area contributed by atoms with Gasteiger partial charge in [0.1, 0.15) is 0 Å². The summed E-state index contributed by atoms with van der Waals surface area (Å²) in [5.74, 6) is 1.79. The van der Waals surface area contributed by atoms with Crippen molar-refractivity contribution in [1.29, 1.82) is 0 Å². The van der Waals surface area contributed by atoms with E-state index in [4.69, 9.17) is 18.0 Å². The average molecular weight is 308 g/mol. The molecule has 2 unspecified atom stereocenters. The van der Waals surface area contributed by atoms with Gasteiger partial charge in [0.15, 0.2) is 0 Å². The summed E-state index contributed by atoms with van der Waals surface area (Å²) in [6.07, 6.45) is 1.64. The third kappa shape index (κ3) is 3.73. The monoisotopic (exact) mass is 308 g/mol. The van der Waals surface area contributed by atoms with Gasteiger partial charge in [-0.3, -0.25) is 4.79 Å². The van der Waals surface area contributed by atoms with Crippen LogP contribution in [0.1, 0.15) is 12.0 Å². The van der Waals surface area contributed by atoms with Crippen molar-refractivity contribution in [1.82, 2.24) is 4.90 Å². The molecular formula is C15H20N2OS2. The van der Waals surface area contributed by atoms with Crippen molar-refractivity contribution >= 4 is 34.9 Å². The van der Waals surface area contributed by atoms with E-state index in [1.54, 1.807) is 0 Å². The third-order valence-electron chi connectivity index (χ3n) is 3.73. The lowest BCUT2D eigenvalue weighted by atomic mass is 9.97. The molecule has 2 rings (SSSR count). The van der Waals surface area contributed by atoms with Gasteiger partial charge in [0.2, 0.25) is 5.91 Å². The summed E-state index contributed by atoms with van der Waals surface area (Å²) in [6.45, 7) is 0. The summed E-state index contributed by atoms with van der Waals surface area (Å²) in [4.78, 5) is 14.8. The van der Waals surface area contributed by atoms with Crippen LogP contribution in [-0.4, -0.2) is 40.4 Å². The van der Waals surface area contributed by atoms with E-state index in [0.717, 1.165) is 23.5 Å². The van der Waals surface area contributed by atoms with Gasteiger partial charge in [-0.1, -0.05) is 42.5 Å². The lowest BCUT2D eigenvalue weighted by Crippen LogP contribution is -2.45. The van der Waals surface area contributed by atoms with E-state index >= 15 is 0 Å². The Morgan fingerprint density at radius 3 is 2.75 bits per heavy atom. The Morgan fingerprint density at radius 2 is 2.20 bits per heavy atom. The van der Waals surface area contributed by atoms with Crippen LogP contribution in [0, 0.1) is 5.92 Å². The van der Waals surface area contributed by atoms with Crippen LogP contribution in [0.3, 0.4) is 0 Å². The van der Waals surface area contributed by atoms with Crippen molar-refractivity contribution in [3.63, 3.8) is 0 Å². The van der Waals surface area contributed by atoms with Gasteiger partial charge in [0.05, 0.1) is 10.9 Å². The molecular weight excluding hydrogens is 288 g/mol. The minimum atomic E-state index is -0.400. The molecule has 0 saturated carbocycles. The number of thioether (sulfide) groups is 1. The molecule has 0 aromatic heterocycles. The van der Waals surface area contributed by atoms with Crippen molar-refractivity contribution in [2.45, 2.75) is 18.9 Å². The SMILES string of the molecule is CN(C(=O)C(Cc1ccccc1)C(N)=S)C1CCSC1. The number of benzene rings is 1. The average Bonchev–Trinajstić information content (AvgIpc) is 2.98. The molecule has 3 nitrogen and oxygen atoms in total. The second kappa shape index (κ2) is 7.09. The van der Waals surface area contributed by atoms with Crippen molar-refractivity contribution < 1.29 is 4.79 Å². The largest absolute Gasteiger partial charge is 0.393 e. The van der Waals surface area contributed by atoms with Crippen LogP contribution >= 0.6 is 24.0 Å². The number of carbonyl (C=O) groups is 1. The number of hydrogen-bond donors (Lipinski definition) is 1. The number of hydrogen-bond acceptors (Lipinski definition) is 3.